The standard InChI is InChI=1S/C27H18N6O3S/c1-17-6-5-7-19(14-17)25-28-27-32(30-25)26(34)23(37-27)15-20-16-31(21-8-3-2-4-9-21)29-24(20)18-10-12-22(13-11-18)33(35)36/h2-16H,1H3. The SMILES string of the molecule is Cc1cccc(-c2nc3sc(=Cc4cn(-c5ccccc5)nc4-c4ccc([N+](=O)[O-])cc4)c(=O)n3n2)c1. The van der Waals surface area contributed by atoms with Crippen LogP contribution >= 0.6 is 11.3 Å². The number of aryl methyl sites for hydroxylation is 1. The molecule has 6 aromatic rings. The molecule has 0 bridgehead atoms. The van der Waals surface area contributed by atoms with E-state index in [4.69, 9.17) is 5.10 Å². The van der Waals surface area contributed by atoms with Crippen LogP contribution in [-0.4, -0.2) is 29.3 Å². The van der Waals surface area contributed by atoms with Crippen LogP contribution in [0.25, 0.3) is 39.4 Å². The molecule has 0 unspecified atom stereocenters. The number of nitro groups is 1. The lowest BCUT2D eigenvalue weighted by molar-refractivity contribution is -0.384. The Morgan fingerprint density at radius 2 is 1.73 bits per heavy atom. The highest BCUT2D eigenvalue weighted by atomic mass is 32.1. The van der Waals surface area contributed by atoms with Crippen LogP contribution in [0.1, 0.15) is 11.1 Å². The van der Waals surface area contributed by atoms with Crippen molar-refractivity contribution in [3.63, 3.8) is 0 Å². The first-order valence-corrected chi connectivity index (χ1v) is 12.2. The predicted octanol–water partition coefficient (Wildman–Crippen LogP) is 4.44. The van der Waals surface area contributed by atoms with Crippen LogP contribution in [-0.2, 0) is 0 Å². The molecule has 0 N–H and O–H groups in total. The van der Waals surface area contributed by atoms with Crippen LogP contribution in [0.3, 0.4) is 0 Å². The molecule has 0 radical (unpaired) electrons. The van der Waals surface area contributed by atoms with Crippen LogP contribution in [0.15, 0.2) is 89.9 Å². The van der Waals surface area contributed by atoms with Crippen molar-refractivity contribution in [2.45, 2.75) is 6.92 Å². The van der Waals surface area contributed by atoms with Crippen molar-refractivity contribution < 1.29 is 4.92 Å². The normalized spacial score (nSPS) is 11.9. The van der Waals surface area contributed by atoms with E-state index in [9.17, 15) is 14.9 Å². The predicted molar refractivity (Wildman–Crippen MR) is 142 cm³/mol. The summed E-state index contributed by atoms with van der Waals surface area (Å²) in [5.41, 5.74) is 4.49. The Morgan fingerprint density at radius 3 is 2.43 bits per heavy atom. The number of benzene rings is 3. The fraction of sp³-hybridized carbons (Fsp3) is 0.0370. The summed E-state index contributed by atoms with van der Waals surface area (Å²) in [6.45, 7) is 1.99. The Labute approximate surface area is 213 Å². The van der Waals surface area contributed by atoms with Gasteiger partial charge in [-0.15, -0.1) is 5.10 Å². The van der Waals surface area contributed by atoms with Crippen molar-refractivity contribution in [3.05, 3.63) is 121 Å². The number of nitro benzene ring substituents is 1. The molecule has 0 aliphatic carbocycles. The van der Waals surface area contributed by atoms with Gasteiger partial charge in [0.1, 0.15) is 5.69 Å². The largest absolute Gasteiger partial charge is 0.291 e. The number of fused-ring (bicyclic) bond motifs is 1. The number of para-hydroxylation sites is 1. The maximum Gasteiger partial charge on any atom is 0.291 e. The highest BCUT2D eigenvalue weighted by Crippen LogP contribution is 2.26. The summed E-state index contributed by atoms with van der Waals surface area (Å²) in [6, 6.07) is 23.6. The van der Waals surface area contributed by atoms with Crippen molar-refractivity contribution in [2.75, 3.05) is 0 Å². The summed E-state index contributed by atoms with van der Waals surface area (Å²) in [5, 5.41) is 20.3. The molecule has 3 aromatic carbocycles. The zero-order valence-electron chi connectivity index (χ0n) is 19.5. The third-order valence-electron chi connectivity index (χ3n) is 5.86. The first-order chi connectivity index (χ1) is 18.0. The van der Waals surface area contributed by atoms with E-state index >= 15 is 0 Å². The Balaban J connectivity index is 1.48. The van der Waals surface area contributed by atoms with Gasteiger partial charge in [0, 0.05) is 35.0 Å². The van der Waals surface area contributed by atoms with Crippen LogP contribution < -0.4 is 10.1 Å². The summed E-state index contributed by atoms with van der Waals surface area (Å²) < 4.78 is 3.50. The van der Waals surface area contributed by atoms with Gasteiger partial charge in [-0.2, -0.15) is 14.6 Å². The molecule has 0 fully saturated rings. The smallest absolute Gasteiger partial charge is 0.266 e. The molecular weight excluding hydrogens is 488 g/mol. The molecule has 0 saturated heterocycles. The van der Waals surface area contributed by atoms with Crippen LogP contribution in [0.5, 0.6) is 0 Å². The minimum Gasteiger partial charge on any atom is -0.266 e. The Kier molecular flexibility index (Phi) is 5.42. The van der Waals surface area contributed by atoms with E-state index in [0.29, 0.717) is 32.1 Å². The minimum absolute atomic E-state index is 0.00594. The number of nitrogens with zero attached hydrogens (tertiary/aromatic N) is 6. The second kappa shape index (κ2) is 8.92. The molecule has 3 aromatic heterocycles. The summed E-state index contributed by atoms with van der Waals surface area (Å²) in [7, 11) is 0. The van der Waals surface area contributed by atoms with Gasteiger partial charge in [0.05, 0.1) is 15.1 Å². The molecule has 0 atom stereocenters. The molecule has 0 amide bonds. The van der Waals surface area contributed by atoms with E-state index in [0.717, 1.165) is 16.8 Å². The maximum absolute atomic E-state index is 13.2. The van der Waals surface area contributed by atoms with E-state index in [1.807, 2.05) is 67.7 Å². The van der Waals surface area contributed by atoms with Crippen molar-refractivity contribution in [1.29, 1.82) is 0 Å². The summed E-state index contributed by atoms with van der Waals surface area (Å²) in [6.07, 6.45) is 3.60. The number of hydrogen-bond donors (Lipinski definition) is 0. The highest BCUT2D eigenvalue weighted by Gasteiger charge is 2.16. The van der Waals surface area contributed by atoms with E-state index < -0.39 is 4.92 Å². The first kappa shape index (κ1) is 22.5. The lowest BCUT2D eigenvalue weighted by Crippen LogP contribution is -2.23. The zero-order chi connectivity index (χ0) is 25.5. The van der Waals surface area contributed by atoms with Crippen molar-refractivity contribution in [1.82, 2.24) is 24.4 Å². The molecule has 10 heteroatoms. The Hall–Kier alpha value is -4.96. The number of aromatic nitrogens is 5. The maximum atomic E-state index is 13.2. The topological polar surface area (TPSA) is 108 Å². The van der Waals surface area contributed by atoms with Gasteiger partial charge in [0.2, 0.25) is 4.96 Å². The van der Waals surface area contributed by atoms with Gasteiger partial charge in [0.15, 0.2) is 5.82 Å². The highest BCUT2D eigenvalue weighted by molar-refractivity contribution is 7.15. The fourth-order valence-corrected chi connectivity index (χ4v) is 4.95. The van der Waals surface area contributed by atoms with Gasteiger partial charge in [-0.1, -0.05) is 53.3 Å². The van der Waals surface area contributed by atoms with Gasteiger partial charge < -0.3 is 0 Å². The summed E-state index contributed by atoms with van der Waals surface area (Å²) >= 11 is 1.25. The average Bonchev–Trinajstić information content (AvgIpc) is 3.60. The molecule has 37 heavy (non-hydrogen) atoms. The van der Waals surface area contributed by atoms with E-state index in [-0.39, 0.29) is 11.2 Å². The van der Waals surface area contributed by atoms with Crippen LogP contribution in [0, 0.1) is 17.0 Å². The Bertz CT molecular complexity index is 1890. The summed E-state index contributed by atoms with van der Waals surface area (Å²) in [4.78, 5) is 29.0. The third kappa shape index (κ3) is 4.19. The van der Waals surface area contributed by atoms with Crippen LogP contribution in [0.4, 0.5) is 5.69 Å². The average molecular weight is 507 g/mol. The fourth-order valence-electron chi connectivity index (χ4n) is 4.05. The second-order valence-electron chi connectivity index (χ2n) is 8.43. The first-order valence-electron chi connectivity index (χ1n) is 11.3. The number of hydrogen-bond acceptors (Lipinski definition) is 7. The zero-order valence-corrected chi connectivity index (χ0v) is 20.3. The molecule has 180 valence electrons. The second-order valence-corrected chi connectivity index (χ2v) is 9.44. The van der Waals surface area contributed by atoms with Gasteiger partial charge in [-0.25, -0.2) is 4.68 Å². The van der Waals surface area contributed by atoms with Gasteiger partial charge in [0.25, 0.3) is 11.2 Å². The lowest BCUT2D eigenvalue weighted by atomic mass is 10.1. The van der Waals surface area contributed by atoms with E-state index in [2.05, 4.69) is 10.1 Å². The lowest BCUT2D eigenvalue weighted by Gasteiger charge is -2.00. The molecule has 6 rings (SSSR count). The van der Waals surface area contributed by atoms with Crippen molar-refractivity contribution >= 4 is 28.1 Å². The van der Waals surface area contributed by atoms with Gasteiger partial charge >= 0.3 is 0 Å². The quantitative estimate of drug-likeness (QED) is 0.253. The van der Waals surface area contributed by atoms with Crippen molar-refractivity contribution in [2.24, 2.45) is 0 Å². The minimum atomic E-state index is -0.442. The number of non-ortho nitro benzene ring substituents is 1. The van der Waals surface area contributed by atoms with Gasteiger partial charge in [-0.05, 0) is 43.3 Å². The third-order valence-corrected chi connectivity index (χ3v) is 6.82. The number of thiazole rings is 1. The number of rotatable bonds is 5. The molecule has 0 saturated carbocycles. The molecule has 9 nitrogen and oxygen atoms in total. The molecule has 0 spiro atoms. The van der Waals surface area contributed by atoms with Crippen LogP contribution in [0.2, 0.25) is 0 Å². The van der Waals surface area contributed by atoms with Crippen molar-refractivity contribution in [3.8, 4) is 28.3 Å². The Morgan fingerprint density at radius 1 is 0.946 bits per heavy atom. The molecule has 0 aliphatic heterocycles. The van der Waals surface area contributed by atoms with E-state index in [1.165, 1.54) is 28.0 Å². The summed E-state index contributed by atoms with van der Waals surface area (Å²) in [5.74, 6) is 0.502. The monoisotopic (exact) mass is 506 g/mol. The molecule has 0 aliphatic rings. The molecular formula is C27H18N6O3S. The van der Waals surface area contributed by atoms with Gasteiger partial charge in [-0.3, -0.25) is 14.9 Å². The van der Waals surface area contributed by atoms with E-state index in [1.54, 1.807) is 22.9 Å². The molecule has 3 heterocycles.